The highest BCUT2D eigenvalue weighted by Crippen LogP contribution is 2.28. The van der Waals surface area contributed by atoms with E-state index in [1.165, 1.54) is 5.56 Å². The van der Waals surface area contributed by atoms with Crippen molar-refractivity contribution in [3.63, 3.8) is 0 Å². The number of benzene rings is 1. The molecular formula is C15H23N3O. The summed E-state index contributed by atoms with van der Waals surface area (Å²) >= 11 is 0. The number of carbonyl (C=O) groups excluding carboxylic acids is 1. The Balaban J connectivity index is 1.90. The lowest BCUT2D eigenvalue weighted by Crippen LogP contribution is -2.42. The molecule has 1 saturated heterocycles. The molecule has 0 aromatic heterocycles. The van der Waals surface area contributed by atoms with Gasteiger partial charge in [-0.15, -0.1) is 0 Å². The highest BCUT2D eigenvalue weighted by molar-refractivity contribution is 5.78. The van der Waals surface area contributed by atoms with Gasteiger partial charge in [-0.3, -0.25) is 4.79 Å². The maximum Gasteiger partial charge on any atom is 0.236 e. The van der Waals surface area contributed by atoms with Crippen LogP contribution in [-0.4, -0.2) is 49.4 Å². The molecule has 1 aromatic carbocycles. The van der Waals surface area contributed by atoms with Crippen LogP contribution in [0.1, 0.15) is 24.3 Å². The Morgan fingerprint density at radius 3 is 2.63 bits per heavy atom. The van der Waals surface area contributed by atoms with Gasteiger partial charge in [-0.05, 0) is 50.6 Å². The van der Waals surface area contributed by atoms with Crippen LogP contribution in [0.2, 0.25) is 0 Å². The van der Waals surface area contributed by atoms with Gasteiger partial charge in [-0.25, -0.2) is 0 Å². The first-order valence-electron chi connectivity index (χ1n) is 6.84. The van der Waals surface area contributed by atoms with E-state index in [2.05, 4.69) is 12.1 Å². The second-order valence-corrected chi connectivity index (χ2v) is 5.56. The quantitative estimate of drug-likeness (QED) is 0.840. The smallest absolute Gasteiger partial charge is 0.236 e. The van der Waals surface area contributed by atoms with Crippen LogP contribution in [-0.2, 0) is 4.79 Å². The molecule has 1 aliphatic heterocycles. The summed E-state index contributed by atoms with van der Waals surface area (Å²) in [4.78, 5) is 15.9. The molecule has 0 atom stereocenters. The van der Waals surface area contributed by atoms with Crippen LogP contribution in [0.25, 0.3) is 0 Å². The van der Waals surface area contributed by atoms with E-state index in [9.17, 15) is 4.79 Å². The number of amides is 1. The number of carbonyl (C=O) groups is 1. The standard InChI is InChI=1S/C15H23N3O/c1-17(2)11-15(19)18-8-6-12(7-9-18)13-4-3-5-14(16)10-13/h3-5,10,12H,6-9,11,16H2,1-2H3. The highest BCUT2D eigenvalue weighted by atomic mass is 16.2. The molecule has 1 fully saturated rings. The minimum Gasteiger partial charge on any atom is -0.399 e. The Kier molecular flexibility index (Phi) is 4.43. The van der Waals surface area contributed by atoms with Crippen LogP contribution in [0.4, 0.5) is 5.69 Å². The van der Waals surface area contributed by atoms with Gasteiger partial charge in [0.15, 0.2) is 0 Å². The maximum absolute atomic E-state index is 12.0. The van der Waals surface area contributed by atoms with Gasteiger partial charge in [0, 0.05) is 18.8 Å². The Hall–Kier alpha value is -1.55. The number of nitrogens with zero attached hydrogens (tertiary/aromatic N) is 2. The number of likely N-dealkylation sites (tertiary alicyclic amines) is 1. The summed E-state index contributed by atoms with van der Waals surface area (Å²) < 4.78 is 0. The van der Waals surface area contributed by atoms with Gasteiger partial charge in [0.2, 0.25) is 5.91 Å². The second-order valence-electron chi connectivity index (χ2n) is 5.56. The summed E-state index contributed by atoms with van der Waals surface area (Å²) in [5.74, 6) is 0.767. The fraction of sp³-hybridized carbons (Fsp3) is 0.533. The highest BCUT2D eigenvalue weighted by Gasteiger charge is 2.23. The number of nitrogens with two attached hydrogens (primary N) is 1. The average molecular weight is 261 g/mol. The molecular weight excluding hydrogens is 238 g/mol. The maximum atomic E-state index is 12.0. The van der Waals surface area contributed by atoms with Gasteiger partial charge in [0.25, 0.3) is 0 Å². The molecule has 1 aliphatic rings. The van der Waals surface area contributed by atoms with E-state index in [0.29, 0.717) is 12.5 Å². The van der Waals surface area contributed by atoms with Crippen LogP contribution in [0.3, 0.4) is 0 Å². The van der Waals surface area contributed by atoms with Crippen LogP contribution in [0.5, 0.6) is 0 Å². The molecule has 19 heavy (non-hydrogen) atoms. The SMILES string of the molecule is CN(C)CC(=O)N1CCC(c2cccc(N)c2)CC1. The number of hydrogen-bond donors (Lipinski definition) is 1. The third-order valence-corrected chi connectivity index (χ3v) is 3.68. The molecule has 104 valence electrons. The van der Waals surface area contributed by atoms with Crippen LogP contribution < -0.4 is 5.73 Å². The molecule has 4 nitrogen and oxygen atoms in total. The lowest BCUT2D eigenvalue weighted by Gasteiger charge is -2.33. The minimum absolute atomic E-state index is 0.232. The lowest BCUT2D eigenvalue weighted by atomic mass is 9.89. The summed E-state index contributed by atoms with van der Waals surface area (Å²) in [7, 11) is 3.86. The molecule has 0 saturated carbocycles. The number of likely N-dealkylation sites (N-methyl/N-ethyl adjacent to an activating group) is 1. The molecule has 1 amide bonds. The van der Waals surface area contributed by atoms with Gasteiger partial charge in [-0.1, -0.05) is 12.1 Å². The van der Waals surface area contributed by atoms with Gasteiger partial charge in [-0.2, -0.15) is 0 Å². The van der Waals surface area contributed by atoms with Crippen molar-refractivity contribution in [2.75, 3.05) is 39.5 Å². The van der Waals surface area contributed by atoms with Crippen molar-refractivity contribution in [3.05, 3.63) is 29.8 Å². The van der Waals surface area contributed by atoms with E-state index < -0.39 is 0 Å². The van der Waals surface area contributed by atoms with E-state index in [-0.39, 0.29) is 5.91 Å². The first-order valence-corrected chi connectivity index (χ1v) is 6.84. The van der Waals surface area contributed by atoms with E-state index >= 15 is 0 Å². The van der Waals surface area contributed by atoms with Gasteiger partial charge in [0.1, 0.15) is 0 Å². The summed E-state index contributed by atoms with van der Waals surface area (Å²) in [6.45, 7) is 2.21. The van der Waals surface area contributed by atoms with E-state index in [1.54, 1.807) is 0 Å². The zero-order chi connectivity index (χ0) is 13.8. The van der Waals surface area contributed by atoms with Crippen molar-refractivity contribution in [1.29, 1.82) is 0 Å². The molecule has 0 unspecified atom stereocenters. The summed E-state index contributed by atoms with van der Waals surface area (Å²) in [6.07, 6.45) is 2.06. The second kappa shape index (κ2) is 6.06. The molecule has 2 rings (SSSR count). The predicted molar refractivity (Wildman–Crippen MR) is 78.0 cm³/mol. The zero-order valence-corrected chi connectivity index (χ0v) is 11.8. The van der Waals surface area contributed by atoms with E-state index in [1.807, 2.05) is 36.0 Å². The van der Waals surface area contributed by atoms with Crippen molar-refractivity contribution in [2.24, 2.45) is 0 Å². The summed E-state index contributed by atoms with van der Waals surface area (Å²) in [5, 5.41) is 0. The lowest BCUT2D eigenvalue weighted by molar-refractivity contribution is -0.132. The Labute approximate surface area is 115 Å². The third kappa shape index (κ3) is 3.70. The number of nitrogen functional groups attached to an aromatic ring is 1. The monoisotopic (exact) mass is 261 g/mol. The first-order chi connectivity index (χ1) is 9.06. The van der Waals surface area contributed by atoms with Gasteiger partial charge >= 0.3 is 0 Å². The fourth-order valence-electron chi connectivity index (χ4n) is 2.65. The molecule has 1 heterocycles. The first kappa shape index (κ1) is 13.9. The average Bonchev–Trinajstić information content (AvgIpc) is 2.38. The van der Waals surface area contributed by atoms with Crippen molar-refractivity contribution in [2.45, 2.75) is 18.8 Å². The Morgan fingerprint density at radius 1 is 1.37 bits per heavy atom. The number of hydrogen-bond acceptors (Lipinski definition) is 3. The molecule has 4 heteroatoms. The topological polar surface area (TPSA) is 49.6 Å². The van der Waals surface area contributed by atoms with Crippen LogP contribution in [0, 0.1) is 0 Å². The summed E-state index contributed by atoms with van der Waals surface area (Å²) in [6, 6.07) is 8.12. The normalized spacial score (nSPS) is 16.9. The van der Waals surface area contributed by atoms with Crippen LogP contribution >= 0.6 is 0 Å². The molecule has 0 radical (unpaired) electrons. The minimum atomic E-state index is 0.232. The molecule has 0 bridgehead atoms. The Bertz CT molecular complexity index is 437. The van der Waals surface area contributed by atoms with Crippen LogP contribution in [0.15, 0.2) is 24.3 Å². The largest absolute Gasteiger partial charge is 0.399 e. The molecule has 1 aromatic rings. The molecule has 2 N–H and O–H groups in total. The van der Waals surface area contributed by atoms with E-state index in [0.717, 1.165) is 31.6 Å². The molecule has 0 spiro atoms. The number of anilines is 1. The third-order valence-electron chi connectivity index (χ3n) is 3.68. The molecule has 0 aliphatic carbocycles. The van der Waals surface area contributed by atoms with Crippen molar-refractivity contribution >= 4 is 11.6 Å². The number of rotatable bonds is 3. The van der Waals surface area contributed by atoms with Crippen molar-refractivity contribution in [1.82, 2.24) is 9.80 Å². The van der Waals surface area contributed by atoms with Gasteiger partial charge < -0.3 is 15.5 Å². The Morgan fingerprint density at radius 2 is 2.05 bits per heavy atom. The van der Waals surface area contributed by atoms with Crippen molar-refractivity contribution < 1.29 is 4.79 Å². The number of piperidine rings is 1. The fourth-order valence-corrected chi connectivity index (χ4v) is 2.65. The summed E-state index contributed by atoms with van der Waals surface area (Å²) in [5.41, 5.74) is 7.95. The van der Waals surface area contributed by atoms with Crippen molar-refractivity contribution in [3.8, 4) is 0 Å². The van der Waals surface area contributed by atoms with Gasteiger partial charge in [0.05, 0.1) is 6.54 Å². The zero-order valence-electron chi connectivity index (χ0n) is 11.8. The van der Waals surface area contributed by atoms with E-state index in [4.69, 9.17) is 5.73 Å². The predicted octanol–water partition coefficient (Wildman–Crippen LogP) is 1.54.